The number of hydrogen-bond donors (Lipinski definition) is 1. The second-order valence-electron chi connectivity index (χ2n) is 3.94. The molecular weight excluding hydrogens is 314 g/mol. The topological polar surface area (TPSA) is 46.9 Å². The third-order valence-corrected chi connectivity index (χ3v) is 4.11. The maximum atomic E-state index is 12.1. The van der Waals surface area contributed by atoms with Crippen LogP contribution in [0.3, 0.4) is 0 Å². The maximum absolute atomic E-state index is 12.1. The number of aromatic nitrogens is 2. The predicted molar refractivity (Wildman–Crippen MR) is 77.3 cm³/mol. The van der Waals surface area contributed by atoms with Gasteiger partial charge in [-0.3, -0.25) is 10.1 Å². The molecule has 0 bridgehead atoms. The van der Waals surface area contributed by atoms with Crippen molar-refractivity contribution in [2.75, 3.05) is 5.32 Å². The Labute approximate surface area is 118 Å². The number of aryl methyl sites for hydroxylation is 3. The Hall–Kier alpha value is -1.14. The molecule has 0 aliphatic rings. The largest absolute Gasteiger partial charge is 0.343 e. The summed E-state index contributed by atoms with van der Waals surface area (Å²) in [4.78, 5) is 17.6. The Balaban J connectivity index is 2.21. The highest BCUT2D eigenvalue weighted by Gasteiger charge is 2.14. The fourth-order valence-electron chi connectivity index (χ4n) is 1.61. The molecule has 18 heavy (non-hydrogen) atoms. The lowest BCUT2D eigenvalue weighted by atomic mass is 10.4. The summed E-state index contributed by atoms with van der Waals surface area (Å²) in [5, 5.41) is 3.48. The summed E-state index contributed by atoms with van der Waals surface area (Å²) >= 11 is 4.87. The summed E-state index contributed by atoms with van der Waals surface area (Å²) in [6.45, 7) is 6.69. The number of anilines is 1. The fourth-order valence-corrected chi connectivity index (χ4v) is 2.89. The minimum atomic E-state index is -0.128. The molecule has 0 aromatic carbocycles. The predicted octanol–water partition coefficient (Wildman–Crippen LogP) is 3.60. The summed E-state index contributed by atoms with van der Waals surface area (Å²) in [6, 6.07) is 1.81. The standard InChI is InChI=1S/C12H14BrN3OS/c1-4-16-6-9(13)5-10(16)11(17)15-12-14-7(2)8(3)18-12/h5-6H,4H2,1-3H3,(H,14,15,17). The van der Waals surface area contributed by atoms with Crippen LogP contribution in [0.2, 0.25) is 0 Å². The van der Waals surface area contributed by atoms with E-state index in [-0.39, 0.29) is 5.91 Å². The van der Waals surface area contributed by atoms with Crippen molar-refractivity contribution in [1.29, 1.82) is 0 Å². The Morgan fingerprint density at radius 1 is 1.56 bits per heavy atom. The first-order valence-corrected chi connectivity index (χ1v) is 7.23. The van der Waals surface area contributed by atoms with Gasteiger partial charge < -0.3 is 4.57 Å². The number of carbonyl (C=O) groups excluding carboxylic acids is 1. The van der Waals surface area contributed by atoms with Gasteiger partial charge in [0.15, 0.2) is 5.13 Å². The first-order valence-electron chi connectivity index (χ1n) is 5.62. The SMILES string of the molecule is CCn1cc(Br)cc1C(=O)Nc1nc(C)c(C)s1. The Kier molecular flexibility index (Phi) is 3.87. The lowest BCUT2D eigenvalue weighted by Crippen LogP contribution is -2.16. The second-order valence-corrected chi connectivity index (χ2v) is 6.06. The number of nitrogens with zero attached hydrogens (tertiary/aromatic N) is 2. The minimum absolute atomic E-state index is 0.128. The van der Waals surface area contributed by atoms with Gasteiger partial charge in [0, 0.05) is 22.1 Å². The molecular formula is C12H14BrN3OS. The Morgan fingerprint density at radius 2 is 2.28 bits per heavy atom. The smallest absolute Gasteiger partial charge is 0.274 e. The molecule has 0 unspecified atom stereocenters. The van der Waals surface area contributed by atoms with Crippen molar-refractivity contribution in [2.45, 2.75) is 27.3 Å². The number of hydrogen-bond acceptors (Lipinski definition) is 3. The molecule has 0 aliphatic carbocycles. The number of halogens is 1. The molecule has 0 radical (unpaired) electrons. The van der Waals surface area contributed by atoms with Crippen LogP contribution in [-0.4, -0.2) is 15.5 Å². The van der Waals surface area contributed by atoms with Crippen molar-refractivity contribution in [3.63, 3.8) is 0 Å². The number of thiazole rings is 1. The van der Waals surface area contributed by atoms with Crippen molar-refractivity contribution in [3.8, 4) is 0 Å². The summed E-state index contributed by atoms with van der Waals surface area (Å²) in [7, 11) is 0. The first kappa shape index (κ1) is 13.3. The quantitative estimate of drug-likeness (QED) is 0.936. The highest BCUT2D eigenvalue weighted by Crippen LogP contribution is 2.22. The van der Waals surface area contributed by atoms with Gasteiger partial charge in [-0.25, -0.2) is 4.98 Å². The number of amides is 1. The Morgan fingerprint density at radius 3 is 2.83 bits per heavy atom. The van der Waals surface area contributed by atoms with Gasteiger partial charge in [-0.1, -0.05) is 0 Å². The zero-order chi connectivity index (χ0) is 13.3. The summed E-state index contributed by atoms with van der Waals surface area (Å²) in [6.07, 6.45) is 1.90. The van der Waals surface area contributed by atoms with E-state index in [1.54, 1.807) is 0 Å². The van der Waals surface area contributed by atoms with E-state index >= 15 is 0 Å². The van der Waals surface area contributed by atoms with Gasteiger partial charge in [-0.2, -0.15) is 0 Å². The van der Waals surface area contributed by atoms with Crippen LogP contribution in [0.1, 0.15) is 28.0 Å². The average molecular weight is 328 g/mol. The van der Waals surface area contributed by atoms with Crippen LogP contribution >= 0.6 is 27.3 Å². The molecule has 2 heterocycles. The molecule has 0 saturated heterocycles. The molecule has 0 aliphatic heterocycles. The van der Waals surface area contributed by atoms with Crippen molar-refractivity contribution in [1.82, 2.24) is 9.55 Å². The Bertz CT molecular complexity index is 569. The summed E-state index contributed by atoms with van der Waals surface area (Å²) in [5.41, 5.74) is 1.59. The normalized spacial score (nSPS) is 10.7. The van der Waals surface area contributed by atoms with Crippen LogP contribution in [0.25, 0.3) is 0 Å². The van der Waals surface area contributed by atoms with Crippen LogP contribution in [0.4, 0.5) is 5.13 Å². The molecule has 2 aromatic heterocycles. The van der Waals surface area contributed by atoms with Crippen LogP contribution in [0.5, 0.6) is 0 Å². The molecule has 0 spiro atoms. The molecule has 96 valence electrons. The van der Waals surface area contributed by atoms with E-state index in [0.717, 1.165) is 21.6 Å². The first-order chi connectivity index (χ1) is 8.51. The third-order valence-electron chi connectivity index (χ3n) is 2.69. The van der Waals surface area contributed by atoms with E-state index in [4.69, 9.17) is 0 Å². The van der Waals surface area contributed by atoms with Gasteiger partial charge in [0.25, 0.3) is 5.91 Å². The van der Waals surface area contributed by atoms with Crippen molar-refractivity contribution in [2.24, 2.45) is 0 Å². The van der Waals surface area contributed by atoms with Crippen LogP contribution in [0.15, 0.2) is 16.7 Å². The molecule has 1 N–H and O–H groups in total. The maximum Gasteiger partial charge on any atom is 0.274 e. The third kappa shape index (κ3) is 2.64. The lowest BCUT2D eigenvalue weighted by Gasteiger charge is -2.05. The zero-order valence-corrected chi connectivity index (χ0v) is 12.9. The van der Waals surface area contributed by atoms with E-state index in [2.05, 4.69) is 26.2 Å². The van der Waals surface area contributed by atoms with Gasteiger partial charge >= 0.3 is 0 Å². The van der Waals surface area contributed by atoms with Gasteiger partial charge in [0.2, 0.25) is 0 Å². The summed E-state index contributed by atoms with van der Waals surface area (Å²) in [5.74, 6) is -0.128. The van der Waals surface area contributed by atoms with Crippen molar-refractivity contribution >= 4 is 38.3 Å². The molecule has 1 amide bonds. The van der Waals surface area contributed by atoms with Gasteiger partial charge in [0.1, 0.15) is 5.69 Å². The van der Waals surface area contributed by atoms with Crippen LogP contribution in [0, 0.1) is 13.8 Å². The van der Waals surface area contributed by atoms with Crippen LogP contribution < -0.4 is 5.32 Å². The van der Waals surface area contributed by atoms with Crippen molar-refractivity contribution in [3.05, 3.63) is 33.0 Å². The molecule has 4 nitrogen and oxygen atoms in total. The number of carbonyl (C=O) groups is 1. The highest BCUT2D eigenvalue weighted by atomic mass is 79.9. The number of rotatable bonds is 3. The summed E-state index contributed by atoms with van der Waals surface area (Å²) < 4.78 is 2.80. The zero-order valence-electron chi connectivity index (χ0n) is 10.5. The van der Waals surface area contributed by atoms with Crippen molar-refractivity contribution < 1.29 is 4.79 Å². The molecule has 0 atom stereocenters. The molecule has 2 rings (SSSR count). The van der Waals surface area contributed by atoms with Gasteiger partial charge in [0.05, 0.1) is 5.69 Å². The van der Waals surface area contributed by atoms with Gasteiger partial charge in [-0.15, -0.1) is 11.3 Å². The van der Waals surface area contributed by atoms with E-state index in [0.29, 0.717) is 10.8 Å². The van der Waals surface area contributed by atoms with E-state index in [1.807, 2.05) is 37.6 Å². The number of nitrogens with one attached hydrogen (secondary N) is 1. The molecule has 0 fully saturated rings. The van der Waals surface area contributed by atoms with Gasteiger partial charge in [-0.05, 0) is 42.8 Å². The minimum Gasteiger partial charge on any atom is -0.343 e. The molecule has 2 aromatic rings. The lowest BCUT2D eigenvalue weighted by molar-refractivity contribution is 0.101. The highest BCUT2D eigenvalue weighted by molar-refractivity contribution is 9.10. The molecule has 0 saturated carbocycles. The molecule has 6 heteroatoms. The van der Waals surface area contributed by atoms with E-state index in [9.17, 15) is 4.79 Å². The van der Waals surface area contributed by atoms with E-state index < -0.39 is 0 Å². The average Bonchev–Trinajstić information content (AvgIpc) is 2.83. The van der Waals surface area contributed by atoms with E-state index in [1.165, 1.54) is 11.3 Å². The second kappa shape index (κ2) is 5.24. The monoisotopic (exact) mass is 327 g/mol. The van der Waals surface area contributed by atoms with Crippen LogP contribution in [-0.2, 0) is 6.54 Å². The fraction of sp³-hybridized carbons (Fsp3) is 0.333.